The third kappa shape index (κ3) is 2.04. The number of hydrogen-bond donors (Lipinski definition) is 1. The molecule has 0 aromatic heterocycles. The van der Waals surface area contributed by atoms with Gasteiger partial charge in [0.1, 0.15) is 5.82 Å². The zero-order valence-corrected chi connectivity index (χ0v) is 6.50. The lowest BCUT2D eigenvalue weighted by Crippen LogP contribution is -2.08. The average molecular weight is 164 g/mol. The van der Waals surface area contributed by atoms with E-state index < -0.39 is 0 Å². The summed E-state index contributed by atoms with van der Waals surface area (Å²) in [7, 11) is 0. The van der Waals surface area contributed by atoms with Gasteiger partial charge < -0.3 is 5.73 Å². The standard InChI is InChI=1S/C9H9FN2/c10-8-3-1-7(2-4-8)9(12)5-6-11/h1-4,9H,5,12H2/t9-/m1/s1. The van der Waals surface area contributed by atoms with Gasteiger partial charge in [-0.25, -0.2) is 4.39 Å². The van der Waals surface area contributed by atoms with Gasteiger partial charge >= 0.3 is 0 Å². The Morgan fingerprint density at radius 2 is 2.00 bits per heavy atom. The summed E-state index contributed by atoms with van der Waals surface area (Å²) in [5.41, 5.74) is 6.40. The molecule has 1 atom stereocenters. The predicted molar refractivity (Wildman–Crippen MR) is 43.6 cm³/mol. The molecule has 62 valence electrons. The molecule has 0 saturated heterocycles. The minimum atomic E-state index is -0.310. The number of hydrogen-bond acceptors (Lipinski definition) is 2. The lowest BCUT2D eigenvalue weighted by molar-refractivity contribution is 0.625. The van der Waals surface area contributed by atoms with Crippen LogP contribution in [0.4, 0.5) is 4.39 Å². The number of nitrogens with two attached hydrogens (primary N) is 1. The van der Waals surface area contributed by atoms with Crippen LogP contribution in [0.15, 0.2) is 24.3 Å². The predicted octanol–water partition coefficient (Wildman–Crippen LogP) is 1.74. The molecule has 1 aromatic rings. The first-order valence-electron chi connectivity index (χ1n) is 3.62. The molecule has 12 heavy (non-hydrogen) atoms. The van der Waals surface area contributed by atoms with Crippen molar-refractivity contribution in [2.75, 3.05) is 0 Å². The van der Waals surface area contributed by atoms with E-state index >= 15 is 0 Å². The molecule has 0 fully saturated rings. The molecule has 0 saturated carbocycles. The van der Waals surface area contributed by atoms with Gasteiger partial charge in [-0.05, 0) is 17.7 Å². The highest BCUT2D eigenvalue weighted by atomic mass is 19.1. The molecule has 0 aliphatic heterocycles. The Labute approximate surface area is 70.4 Å². The van der Waals surface area contributed by atoms with E-state index in [-0.39, 0.29) is 18.3 Å². The van der Waals surface area contributed by atoms with Crippen LogP contribution in [0.3, 0.4) is 0 Å². The van der Waals surface area contributed by atoms with E-state index in [1.807, 2.05) is 6.07 Å². The van der Waals surface area contributed by atoms with Gasteiger partial charge in [0.25, 0.3) is 0 Å². The topological polar surface area (TPSA) is 49.8 Å². The minimum Gasteiger partial charge on any atom is -0.323 e. The van der Waals surface area contributed by atoms with Gasteiger partial charge in [0.05, 0.1) is 12.5 Å². The molecule has 0 bridgehead atoms. The van der Waals surface area contributed by atoms with Crippen LogP contribution in [0.5, 0.6) is 0 Å². The molecule has 2 nitrogen and oxygen atoms in total. The van der Waals surface area contributed by atoms with Gasteiger partial charge in [0.15, 0.2) is 0 Å². The number of nitrogens with zero attached hydrogens (tertiary/aromatic N) is 1. The van der Waals surface area contributed by atoms with Crippen molar-refractivity contribution in [3.63, 3.8) is 0 Å². The van der Waals surface area contributed by atoms with Crippen molar-refractivity contribution >= 4 is 0 Å². The third-order valence-corrected chi connectivity index (χ3v) is 1.61. The van der Waals surface area contributed by atoms with Crippen LogP contribution >= 0.6 is 0 Å². The van der Waals surface area contributed by atoms with E-state index in [1.165, 1.54) is 12.1 Å². The largest absolute Gasteiger partial charge is 0.323 e. The van der Waals surface area contributed by atoms with E-state index in [2.05, 4.69) is 0 Å². The highest BCUT2D eigenvalue weighted by molar-refractivity contribution is 5.20. The van der Waals surface area contributed by atoms with Crippen LogP contribution in [0, 0.1) is 17.1 Å². The second-order valence-electron chi connectivity index (χ2n) is 2.52. The first kappa shape index (κ1) is 8.69. The Hall–Kier alpha value is -1.40. The first-order valence-corrected chi connectivity index (χ1v) is 3.62. The van der Waals surface area contributed by atoms with E-state index in [1.54, 1.807) is 12.1 Å². The van der Waals surface area contributed by atoms with Gasteiger partial charge in [0.2, 0.25) is 0 Å². The van der Waals surface area contributed by atoms with Crippen molar-refractivity contribution in [1.82, 2.24) is 0 Å². The lowest BCUT2D eigenvalue weighted by atomic mass is 10.1. The summed E-state index contributed by atoms with van der Waals surface area (Å²) < 4.78 is 12.4. The monoisotopic (exact) mass is 164 g/mol. The number of rotatable bonds is 2. The zero-order valence-electron chi connectivity index (χ0n) is 6.50. The average Bonchev–Trinajstić information content (AvgIpc) is 2.06. The SMILES string of the molecule is N#CC[C@@H](N)c1ccc(F)cc1. The van der Waals surface area contributed by atoms with Crippen LogP contribution in [0.25, 0.3) is 0 Å². The molecule has 0 aliphatic rings. The summed E-state index contributed by atoms with van der Waals surface area (Å²) in [5.74, 6) is -0.289. The van der Waals surface area contributed by atoms with Crippen molar-refractivity contribution in [2.45, 2.75) is 12.5 Å². The van der Waals surface area contributed by atoms with Crippen molar-refractivity contribution in [3.8, 4) is 6.07 Å². The summed E-state index contributed by atoms with van der Waals surface area (Å²) in [5, 5.41) is 8.35. The van der Waals surface area contributed by atoms with Crippen molar-refractivity contribution in [3.05, 3.63) is 35.6 Å². The van der Waals surface area contributed by atoms with E-state index in [0.717, 1.165) is 5.56 Å². The van der Waals surface area contributed by atoms with Crippen LogP contribution < -0.4 is 5.73 Å². The highest BCUT2D eigenvalue weighted by Crippen LogP contribution is 2.13. The Balaban J connectivity index is 2.76. The van der Waals surface area contributed by atoms with Crippen molar-refractivity contribution < 1.29 is 4.39 Å². The maximum Gasteiger partial charge on any atom is 0.123 e. The van der Waals surface area contributed by atoms with Crippen molar-refractivity contribution in [1.29, 1.82) is 5.26 Å². The van der Waals surface area contributed by atoms with Crippen LogP contribution in [0.2, 0.25) is 0 Å². The molecule has 3 heteroatoms. The molecule has 0 amide bonds. The summed E-state index contributed by atoms with van der Waals surface area (Å²) in [4.78, 5) is 0. The molecular weight excluding hydrogens is 155 g/mol. The minimum absolute atomic E-state index is 0.256. The molecule has 1 aromatic carbocycles. The quantitative estimate of drug-likeness (QED) is 0.723. The van der Waals surface area contributed by atoms with Crippen LogP contribution in [0.1, 0.15) is 18.0 Å². The first-order chi connectivity index (χ1) is 5.74. The number of benzene rings is 1. The maximum absolute atomic E-state index is 12.4. The van der Waals surface area contributed by atoms with Gasteiger partial charge in [-0.3, -0.25) is 0 Å². The number of halogens is 1. The molecule has 0 unspecified atom stereocenters. The van der Waals surface area contributed by atoms with E-state index in [9.17, 15) is 4.39 Å². The fourth-order valence-electron chi connectivity index (χ4n) is 0.926. The highest BCUT2D eigenvalue weighted by Gasteiger charge is 2.03. The van der Waals surface area contributed by atoms with Gasteiger partial charge in [0, 0.05) is 6.04 Å². The normalized spacial score (nSPS) is 12.1. The Bertz CT molecular complexity index is 286. The van der Waals surface area contributed by atoms with E-state index in [4.69, 9.17) is 11.0 Å². The summed E-state index contributed by atoms with van der Waals surface area (Å²) >= 11 is 0. The zero-order chi connectivity index (χ0) is 8.97. The summed E-state index contributed by atoms with van der Waals surface area (Å²) in [6, 6.07) is 7.52. The molecule has 0 heterocycles. The smallest absolute Gasteiger partial charge is 0.123 e. The van der Waals surface area contributed by atoms with E-state index in [0.29, 0.717) is 0 Å². The van der Waals surface area contributed by atoms with Gasteiger partial charge in [-0.1, -0.05) is 12.1 Å². The lowest BCUT2D eigenvalue weighted by Gasteiger charge is -2.06. The van der Waals surface area contributed by atoms with Crippen molar-refractivity contribution in [2.24, 2.45) is 5.73 Å². The fraction of sp³-hybridized carbons (Fsp3) is 0.222. The number of nitriles is 1. The molecule has 1 rings (SSSR count). The van der Waals surface area contributed by atoms with Crippen LogP contribution in [-0.4, -0.2) is 0 Å². The van der Waals surface area contributed by atoms with Gasteiger partial charge in [-0.2, -0.15) is 5.26 Å². The second-order valence-corrected chi connectivity index (χ2v) is 2.52. The third-order valence-electron chi connectivity index (χ3n) is 1.61. The molecule has 2 N–H and O–H groups in total. The molecular formula is C9H9FN2. The van der Waals surface area contributed by atoms with Gasteiger partial charge in [-0.15, -0.1) is 0 Å². The Kier molecular flexibility index (Phi) is 2.78. The molecule has 0 radical (unpaired) electrons. The summed E-state index contributed by atoms with van der Waals surface area (Å²) in [6.45, 7) is 0. The molecule has 0 spiro atoms. The Morgan fingerprint density at radius 1 is 1.42 bits per heavy atom. The summed E-state index contributed by atoms with van der Waals surface area (Å²) in [6.07, 6.45) is 0.256. The van der Waals surface area contributed by atoms with Crippen LogP contribution in [-0.2, 0) is 0 Å². The Morgan fingerprint density at radius 3 is 2.50 bits per heavy atom. The molecule has 0 aliphatic carbocycles. The fourth-order valence-corrected chi connectivity index (χ4v) is 0.926. The second kappa shape index (κ2) is 3.84. The maximum atomic E-state index is 12.4.